The number of hydrogen-bond donors (Lipinski definition) is 6. The summed E-state index contributed by atoms with van der Waals surface area (Å²) in [4.78, 5) is 70.2. The molecule has 4 amide bonds. The smallest absolute Gasteiger partial charge is 0.261 e. The number of nitrogens with one attached hydrogen (secondary N) is 6. The Bertz CT molecular complexity index is 3040. The maximum atomic E-state index is 12.9. The van der Waals surface area contributed by atoms with Gasteiger partial charge < -0.3 is 20.4 Å². The summed E-state index contributed by atoms with van der Waals surface area (Å²) in [7, 11) is 6.30. The van der Waals surface area contributed by atoms with Crippen molar-refractivity contribution in [3.63, 3.8) is 0 Å². The first kappa shape index (κ1) is 46.4. The molecule has 2 aliphatic rings. The van der Waals surface area contributed by atoms with E-state index in [0.29, 0.717) is 50.3 Å². The zero-order valence-corrected chi connectivity index (χ0v) is 40.7. The third kappa shape index (κ3) is 11.4. The fourth-order valence-corrected chi connectivity index (χ4v) is 11.7. The lowest BCUT2D eigenvalue weighted by Crippen LogP contribution is -2.32. The van der Waals surface area contributed by atoms with Crippen molar-refractivity contribution in [2.45, 2.75) is 51.4 Å². The molecule has 16 nitrogen and oxygen atoms in total. The van der Waals surface area contributed by atoms with E-state index >= 15 is 0 Å². The molecule has 1 atom stereocenters. The Balaban J connectivity index is 0.000000170. The summed E-state index contributed by atoms with van der Waals surface area (Å²) in [6.45, 7) is 2.51. The number of H-pyrrole nitrogens is 2. The molecule has 0 unspecified atom stereocenters. The fraction of sp³-hybridized carbons (Fsp3) is 0.250. The predicted octanol–water partition coefficient (Wildman–Crippen LogP) is 7.96. The molecule has 20 heteroatoms. The van der Waals surface area contributed by atoms with Gasteiger partial charge in [0.05, 0.1) is 33.5 Å². The number of likely N-dealkylation sites (N-methyl/N-ethyl adjacent to an activating group) is 2. The molecule has 0 spiro atoms. The van der Waals surface area contributed by atoms with Crippen LogP contribution in [0.1, 0.15) is 78.7 Å². The second-order valence-corrected chi connectivity index (χ2v) is 20.9. The molecule has 8 aromatic rings. The molecule has 68 heavy (non-hydrogen) atoms. The van der Waals surface area contributed by atoms with E-state index in [1.807, 2.05) is 36.4 Å². The zero-order valence-electron chi connectivity index (χ0n) is 37.4. The van der Waals surface area contributed by atoms with Gasteiger partial charge in [0.2, 0.25) is 0 Å². The summed E-state index contributed by atoms with van der Waals surface area (Å²) in [6.07, 6.45) is 10.9. The van der Waals surface area contributed by atoms with Gasteiger partial charge >= 0.3 is 0 Å². The van der Waals surface area contributed by atoms with Crippen molar-refractivity contribution >= 4 is 79.2 Å². The summed E-state index contributed by atoms with van der Waals surface area (Å²) in [5, 5.41) is 26.5. The Morgan fingerprint density at radius 3 is 1.72 bits per heavy atom. The summed E-state index contributed by atoms with van der Waals surface area (Å²) in [5.74, 6) is -0.700. The number of thiophene rings is 2. The highest BCUT2D eigenvalue weighted by molar-refractivity contribution is 7.18. The molecule has 6 aromatic heterocycles. The lowest BCUT2D eigenvalue weighted by atomic mass is 9.97. The first-order valence-electron chi connectivity index (χ1n) is 21.9. The number of carbonyl (C=O) groups excluding carboxylic acids is 4. The lowest BCUT2D eigenvalue weighted by molar-refractivity contribution is 0.0946. The van der Waals surface area contributed by atoms with Crippen LogP contribution in [0.5, 0.6) is 0 Å². The number of benzene rings is 2. The van der Waals surface area contributed by atoms with E-state index in [1.165, 1.54) is 43.8 Å². The molecule has 348 valence electrons. The number of thiazole rings is 2. The summed E-state index contributed by atoms with van der Waals surface area (Å²) < 4.78 is 0. The first-order valence-corrected chi connectivity index (χ1v) is 25.1. The van der Waals surface area contributed by atoms with Crippen LogP contribution in [-0.4, -0.2) is 97.5 Å². The molecular weight excluding hydrogens is 937 g/mol. The zero-order chi connectivity index (χ0) is 47.1. The number of hydrogen-bond acceptors (Lipinski definition) is 14. The number of rotatable bonds is 13. The van der Waals surface area contributed by atoms with Gasteiger partial charge in [-0.15, -0.1) is 45.3 Å². The monoisotopic (exact) mass is 984 g/mol. The highest BCUT2D eigenvalue weighted by atomic mass is 32.1. The third-order valence-corrected chi connectivity index (χ3v) is 15.8. The molecule has 0 saturated heterocycles. The summed E-state index contributed by atoms with van der Waals surface area (Å²) in [6, 6.07) is 22.5. The molecular formula is C48H48N12O4S4. The van der Waals surface area contributed by atoms with E-state index in [9.17, 15) is 19.2 Å². The number of aromatic nitrogens is 6. The maximum Gasteiger partial charge on any atom is 0.261 e. The van der Waals surface area contributed by atoms with Crippen molar-refractivity contribution in [2.75, 3.05) is 38.3 Å². The van der Waals surface area contributed by atoms with E-state index in [-0.39, 0.29) is 23.6 Å². The second-order valence-electron chi connectivity index (χ2n) is 16.6. The molecule has 10 rings (SSSR count). The van der Waals surface area contributed by atoms with Crippen LogP contribution in [0.3, 0.4) is 0 Å². The highest BCUT2D eigenvalue weighted by Crippen LogP contribution is 2.32. The van der Waals surface area contributed by atoms with Gasteiger partial charge in [-0.2, -0.15) is 10.2 Å². The van der Waals surface area contributed by atoms with Crippen LogP contribution in [0.25, 0.3) is 20.9 Å². The number of aryl methyl sites for hydroxylation is 1. The highest BCUT2D eigenvalue weighted by Gasteiger charge is 2.25. The van der Waals surface area contributed by atoms with E-state index < -0.39 is 0 Å². The van der Waals surface area contributed by atoms with Crippen LogP contribution in [0, 0.1) is 0 Å². The number of anilines is 2. The summed E-state index contributed by atoms with van der Waals surface area (Å²) in [5.41, 5.74) is 6.85. The van der Waals surface area contributed by atoms with E-state index in [0.717, 1.165) is 82.2 Å². The van der Waals surface area contributed by atoms with Gasteiger partial charge in [-0.05, 0) is 100 Å². The van der Waals surface area contributed by atoms with Crippen molar-refractivity contribution in [1.82, 2.24) is 50.8 Å². The van der Waals surface area contributed by atoms with Crippen LogP contribution >= 0.6 is 45.3 Å². The van der Waals surface area contributed by atoms with Gasteiger partial charge in [0.1, 0.15) is 0 Å². The second kappa shape index (κ2) is 21.1. The van der Waals surface area contributed by atoms with Gasteiger partial charge in [0, 0.05) is 92.8 Å². The van der Waals surface area contributed by atoms with Crippen LogP contribution in [0.2, 0.25) is 0 Å². The Kier molecular flexibility index (Phi) is 14.4. The Labute approximate surface area is 408 Å². The van der Waals surface area contributed by atoms with Crippen LogP contribution in [-0.2, 0) is 38.9 Å². The molecule has 0 saturated carbocycles. The van der Waals surface area contributed by atoms with Gasteiger partial charge in [-0.25, -0.2) is 9.97 Å². The van der Waals surface area contributed by atoms with Crippen molar-refractivity contribution < 1.29 is 19.2 Å². The van der Waals surface area contributed by atoms with Crippen molar-refractivity contribution in [3.8, 4) is 20.9 Å². The van der Waals surface area contributed by atoms with Crippen molar-refractivity contribution in [2.24, 2.45) is 0 Å². The average molecular weight is 985 g/mol. The number of amides is 4. The largest absolute Gasteiger partial charge is 0.347 e. The van der Waals surface area contributed by atoms with E-state index in [1.54, 1.807) is 72.5 Å². The van der Waals surface area contributed by atoms with E-state index in [4.69, 9.17) is 0 Å². The minimum Gasteiger partial charge on any atom is -0.347 e. The predicted molar refractivity (Wildman–Crippen MR) is 269 cm³/mol. The van der Waals surface area contributed by atoms with Crippen molar-refractivity contribution in [1.29, 1.82) is 0 Å². The van der Waals surface area contributed by atoms with Gasteiger partial charge in [0.25, 0.3) is 23.6 Å². The van der Waals surface area contributed by atoms with Crippen molar-refractivity contribution in [3.05, 3.63) is 151 Å². The van der Waals surface area contributed by atoms with Gasteiger partial charge in [-0.1, -0.05) is 24.3 Å². The Morgan fingerprint density at radius 1 is 0.676 bits per heavy atom. The normalized spacial score (nSPS) is 14.3. The number of nitrogens with zero attached hydrogens (tertiary/aromatic N) is 6. The van der Waals surface area contributed by atoms with Crippen LogP contribution in [0.4, 0.5) is 10.3 Å². The minimum absolute atomic E-state index is 0.149. The molecule has 0 radical (unpaired) electrons. The SMILES string of the molecule is CN(C)[C@H]1CCc2nc(NC(=O)c3cccc(CNC(=O)c4ccc(-c5cn[nH]c5)s4)c3)sc2C1.CN1CCc2nc(NC(=O)c3cccc(CNC(=O)c4ccc(-c5cn[nH]c5)s4)c3)sc2C1. The Morgan fingerprint density at radius 2 is 1.21 bits per heavy atom. The molecule has 7 heterocycles. The minimum atomic E-state index is -0.203. The molecule has 2 aromatic carbocycles. The van der Waals surface area contributed by atoms with Crippen LogP contribution < -0.4 is 21.3 Å². The molecule has 6 N–H and O–H groups in total. The maximum absolute atomic E-state index is 12.9. The lowest BCUT2D eigenvalue weighted by Gasteiger charge is -2.27. The quantitative estimate of drug-likeness (QED) is 0.0657. The van der Waals surface area contributed by atoms with Gasteiger partial charge in [-0.3, -0.25) is 40.0 Å². The fourth-order valence-electron chi connectivity index (χ4n) is 7.75. The topological polar surface area (TPSA) is 206 Å². The summed E-state index contributed by atoms with van der Waals surface area (Å²) >= 11 is 5.92. The Hall–Kier alpha value is -6.68. The average Bonchev–Trinajstić information content (AvgIpc) is 4.21. The number of aromatic amines is 2. The standard InChI is InChI=1S/C25H26N6O2S2.C23H22N6O2S2/c1-31(2)18-6-7-19-22(11-18)35-25(29-19)30-23(32)16-5-3-4-15(10-16)12-26-24(33)21-9-8-20(34-21)17-13-27-28-14-17;1-29-8-7-17-20(13-29)33-23(27-17)28-21(30)15-4-2-3-14(9-15)10-24-22(31)19-6-5-18(32-19)16-11-25-26-12-16/h3-5,8-10,13-14,18H,6-7,11-12H2,1-2H3,(H,26,33)(H,27,28)(H,29,30,32);2-6,9,11-12H,7-8,10,13H2,1H3,(H,24,31)(H,25,26)(H,27,28,30)/t18-;/m0./s1. The molecule has 0 bridgehead atoms. The van der Waals surface area contributed by atoms with Crippen LogP contribution in [0.15, 0.2) is 97.6 Å². The van der Waals surface area contributed by atoms with E-state index in [2.05, 4.69) is 82.6 Å². The number of carbonyl (C=O) groups is 4. The molecule has 0 fully saturated rings. The molecule has 1 aliphatic heterocycles. The van der Waals surface area contributed by atoms with Gasteiger partial charge in [0.15, 0.2) is 10.3 Å². The molecule has 1 aliphatic carbocycles. The third-order valence-electron chi connectivity index (χ3n) is 11.5. The number of fused-ring (bicyclic) bond motifs is 2. The first-order chi connectivity index (χ1) is 33.0.